The average molecular weight is 725 g/mol. The van der Waals surface area contributed by atoms with Gasteiger partial charge in [-0.3, -0.25) is 14.4 Å². The van der Waals surface area contributed by atoms with E-state index in [0.717, 1.165) is 30.5 Å². The molecule has 0 saturated heterocycles. The summed E-state index contributed by atoms with van der Waals surface area (Å²) in [7, 11) is -2.09. The third-order valence-electron chi connectivity index (χ3n) is 8.36. The van der Waals surface area contributed by atoms with Crippen LogP contribution in [0.2, 0.25) is 10.0 Å². The maximum absolute atomic E-state index is 14.4. The molecule has 0 radical (unpaired) electrons. The average Bonchev–Trinajstić information content (AvgIpc) is 3.04. The SMILES string of the molecule is C[C@@H]1CCCCO[C@@H](CN(C)Cc2ccc(Cl)c(Cl)c2)[C@H](C)CN([C@H](C)CO)C(=O)c2cc(NS(=O)(=O)c3ccc(F)cc3)ccc2O1. The van der Waals surface area contributed by atoms with E-state index in [1.165, 1.54) is 24.3 Å². The van der Waals surface area contributed by atoms with E-state index < -0.39 is 27.8 Å². The number of rotatable bonds is 9. The molecule has 0 spiro atoms. The van der Waals surface area contributed by atoms with Crippen molar-refractivity contribution in [3.63, 3.8) is 0 Å². The van der Waals surface area contributed by atoms with Gasteiger partial charge >= 0.3 is 0 Å². The Hall–Kier alpha value is -2.93. The molecule has 48 heavy (non-hydrogen) atoms. The minimum absolute atomic E-state index is 0.125. The molecule has 1 amide bonds. The first kappa shape index (κ1) is 37.9. The summed E-state index contributed by atoms with van der Waals surface area (Å²) >= 11 is 12.4. The summed E-state index contributed by atoms with van der Waals surface area (Å²) in [4.78, 5) is 17.9. The number of hydrogen-bond acceptors (Lipinski definition) is 7. The van der Waals surface area contributed by atoms with Crippen LogP contribution in [0.4, 0.5) is 10.1 Å². The third-order valence-corrected chi connectivity index (χ3v) is 10.5. The first-order valence-corrected chi connectivity index (χ1v) is 18.3. The number of nitrogens with one attached hydrogen (secondary N) is 1. The van der Waals surface area contributed by atoms with E-state index in [-0.39, 0.29) is 47.4 Å². The van der Waals surface area contributed by atoms with Crippen molar-refractivity contribution in [2.45, 2.75) is 69.7 Å². The number of carbonyl (C=O) groups excluding carboxylic acids is 1. The lowest BCUT2D eigenvalue weighted by Gasteiger charge is -2.36. The van der Waals surface area contributed by atoms with Crippen LogP contribution in [0.3, 0.4) is 0 Å². The number of benzene rings is 3. The smallest absolute Gasteiger partial charge is 0.261 e. The number of anilines is 1. The van der Waals surface area contributed by atoms with Gasteiger partial charge in [-0.1, -0.05) is 36.2 Å². The zero-order chi connectivity index (χ0) is 35.0. The fourth-order valence-corrected chi connectivity index (χ4v) is 6.97. The Morgan fingerprint density at radius 2 is 1.79 bits per heavy atom. The highest BCUT2D eigenvalue weighted by atomic mass is 35.5. The van der Waals surface area contributed by atoms with Crippen molar-refractivity contribution in [2.75, 3.05) is 38.1 Å². The lowest BCUT2D eigenvalue weighted by Crippen LogP contribution is -2.47. The standard InChI is InChI=1S/C35H44Cl2FN3O6S/c1-23-19-41(24(2)22-42)35(43)30-18-28(39-48(44,45)29-12-9-27(38)10-13-29)11-15-33(30)47-25(3)7-5-6-16-46-34(23)21-40(4)20-26-8-14-31(36)32(37)17-26/h8-15,17-18,23-25,34,39,42H,5-7,16,19-22H2,1-4H3/t23-,24-,25-,34+/m1/s1. The fourth-order valence-electron chi connectivity index (χ4n) is 5.60. The minimum Gasteiger partial charge on any atom is -0.490 e. The first-order chi connectivity index (χ1) is 22.8. The van der Waals surface area contributed by atoms with Crippen molar-refractivity contribution in [2.24, 2.45) is 5.92 Å². The number of amides is 1. The van der Waals surface area contributed by atoms with E-state index >= 15 is 0 Å². The van der Waals surface area contributed by atoms with Gasteiger partial charge in [0.25, 0.3) is 15.9 Å². The van der Waals surface area contributed by atoms with E-state index in [9.17, 15) is 22.7 Å². The second kappa shape index (κ2) is 17.1. The van der Waals surface area contributed by atoms with Gasteiger partial charge in [-0.25, -0.2) is 12.8 Å². The number of aliphatic hydroxyl groups is 1. The van der Waals surface area contributed by atoms with Crippen molar-refractivity contribution in [1.82, 2.24) is 9.80 Å². The summed E-state index contributed by atoms with van der Waals surface area (Å²) in [5, 5.41) is 11.2. The summed E-state index contributed by atoms with van der Waals surface area (Å²) in [6, 6.07) is 14.0. The van der Waals surface area contributed by atoms with Crippen LogP contribution in [0.5, 0.6) is 5.75 Å². The van der Waals surface area contributed by atoms with Gasteiger partial charge in [-0.2, -0.15) is 0 Å². The summed E-state index contributed by atoms with van der Waals surface area (Å²) in [5.41, 5.74) is 1.29. The van der Waals surface area contributed by atoms with Crippen molar-refractivity contribution in [1.29, 1.82) is 0 Å². The molecule has 3 aromatic carbocycles. The van der Waals surface area contributed by atoms with Gasteiger partial charge in [0.1, 0.15) is 11.6 Å². The predicted octanol–water partition coefficient (Wildman–Crippen LogP) is 6.86. The summed E-state index contributed by atoms with van der Waals surface area (Å²) in [6.45, 7) is 7.38. The van der Waals surface area contributed by atoms with E-state index in [2.05, 4.69) is 9.62 Å². The normalized spacial score (nSPS) is 20.5. The van der Waals surface area contributed by atoms with Gasteiger partial charge in [-0.15, -0.1) is 0 Å². The first-order valence-electron chi connectivity index (χ1n) is 16.0. The highest BCUT2D eigenvalue weighted by molar-refractivity contribution is 7.92. The number of carbonyl (C=O) groups is 1. The number of halogens is 3. The number of fused-ring (bicyclic) bond motifs is 1. The Morgan fingerprint density at radius 1 is 1.06 bits per heavy atom. The highest BCUT2D eigenvalue weighted by Crippen LogP contribution is 2.30. The number of aliphatic hydroxyl groups excluding tert-OH is 1. The molecule has 0 fully saturated rings. The number of likely N-dealkylation sites (N-methyl/N-ethyl adjacent to an activating group) is 1. The molecule has 1 aliphatic rings. The minimum atomic E-state index is -4.08. The molecule has 0 unspecified atom stereocenters. The molecular weight excluding hydrogens is 680 g/mol. The Balaban J connectivity index is 1.63. The molecule has 0 saturated carbocycles. The number of nitrogens with zero attached hydrogens (tertiary/aromatic N) is 2. The summed E-state index contributed by atoms with van der Waals surface area (Å²) < 4.78 is 54.8. The van der Waals surface area contributed by atoms with Gasteiger partial charge in [0.15, 0.2) is 0 Å². The Bertz CT molecular complexity index is 1650. The maximum Gasteiger partial charge on any atom is 0.261 e. The quantitative estimate of drug-likeness (QED) is 0.248. The van der Waals surface area contributed by atoms with Gasteiger partial charge in [0.05, 0.1) is 45.4 Å². The third kappa shape index (κ3) is 10.3. The van der Waals surface area contributed by atoms with Crippen LogP contribution < -0.4 is 9.46 Å². The van der Waals surface area contributed by atoms with Crippen LogP contribution in [0.25, 0.3) is 0 Å². The number of ether oxygens (including phenoxy) is 2. The topological polar surface area (TPSA) is 108 Å². The van der Waals surface area contributed by atoms with Crippen LogP contribution in [-0.4, -0.2) is 80.8 Å². The molecule has 2 N–H and O–H groups in total. The largest absolute Gasteiger partial charge is 0.490 e. The van der Waals surface area contributed by atoms with Crippen molar-refractivity contribution in [3.05, 3.63) is 87.7 Å². The molecule has 4 atom stereocenters. The number of hydrogen-bond donors (Lipinski definition) is 2. The Kier molecular flexibility index (Phi) is 13.5. The molecule has 13 heteroatoms. The molecule has 0 bridgehead atoms. The second-order valence-electron chi connectivity index (χ2n) is 12.5. The predicted molar refractivity (Wildman–Crippen MR) is 187 cm³/mol. The van der Waals surface area contributed by atoms with E-state index in [1.54, 1.807) is 24.0 Å². The fraction of sp³-hybridized carbons (Fsp3) is 0.457. The summed E-state index contributed by atoms with van der Waals surface area (Å²) in [6.07, 6.45) is 1.89. The van der Waals surface area contributed by atoms with Crippen LogP contribution in [0.1, 0.15) is 56.0 Å². The van der Waals surface area contributed by atoms with Gasteiger partial charge in [0, 0.05) is 37.8 Å². The van der Waals surface area contributed by atoms with E-state index in [0.29, 0.717) is 41.9 Å². The Morgan fingerprint density at radius 3 is 2.48 bits per heavy atom. The van der Waals surface area contributed by atoms with Crippen molar-refractivity contribution in [3.8, 4) is 5.75 Å². The van der Waals surface area contributed by atoms with Crippen LogP contribution >= 0.6 is 23.2 Å². The molecule has 0 aromatic heterocycles. The zero-order valence-corrected chi connectivity index (χ0v) is 30.0. The van der Waals surface area contributed by atoms with E-state index in [1.807, 2.05) is 33.0 Å². The number of sulfonamides is 1. The van der Waals surface area contributed by atoms with Crippen molar-refractivity contribution >= 4 is 44.8 Å². The molecule has 3 aromatic rings. The molecule has 1 aliphatic heterocycles. The lowest BCUT2D eigenvalue weighted by atomic mass is 10.0. The van der Waals surface area contributed by atoms with E-state index in [4.69, 9.17) is 32.7 Å². The van der Waals surface area contributed by atoms with Crippen LogP contribution in [0, 0.1) is 11.7 Å². The summed E-state index contributed by atoms with van der Waals surface area (Å²) in [5.74, 6) is -0.819. The van der Waals surface area contributed by atoms with Crippen LogP contribution in [0.15, 0.2) is 65.6 Å². The van der Waals surface area contributed by atoms with Crippen LogP contribution in [-0.2, 0) is 21.3 Å². The zero-order valence-electron chi connectivity index (χ0n) is 27.7. The molecule has 9 nitrogen and oxygen atoms in total. The maximum atomic E-state index is 14.4. The van der Waals surface area contributed by atoms with Gasteiger partial charge in [-0.05, 0) is 100 Å². The Labute approximate surface area is 293 Å². The van der Waals surface area contributed by atoms with Gasteiger partial charge in [0.2, 0.25) is 0 Å². The lowest BCUT2D eigenvalue weighted by molar-refractivity contribution is -0.0177. The highest BCUT2D eigenvalue weighted by Gasteiger charge is 2.31. The molecule has 4 rings (SSSR count). The molecular formula is C35H44Cl2FN3O6S. The molecule has 262 valence electrons. The van der Waals surface area contributed by atoms with Gasteiger partial charge < -0.3 is 19.5 Å². The second-order valence-corrected chi connectivity index (χ2v) is 15.0. The molecule has 1 heterocycles. The monoisotopic (exact) mass is 723 g/mol. The van der Waals surface area contributed by atoms with Crippen molar-refractivity contribution < 1.29 is 32.2 Å². The molecule has 0 aliphatic carbocycles.